The van der Waals surface area contributed by atoms with E-state index in [2.05, 4.69) is 116 Å². The number of nitrogens with zero attached hydrogens (tertiary/aromatic N) is 2. The number of rotatable bonds is 8. The highest BCUT2D eigenvalue weighted by Gasteiger charge is 2.23. The summed E-state index contributed by atoms with van der Waals surface area (Å²) in [7, 11) is 0. The number of oxazole rings is 1. The van der Waals surface area contributed by atoms with Crippen molar-refractivity contribution in [2.75, 3.05) is 18.0 Å². The topological polar surface area (TPSA) is 42.4 Å². The lowest BCUT2D eigenvalue weighted by molar-refractivity contribution is 0.604. The summed E-state index contributed by atoms with van der Waals surface area (Å²) >= 11 is 0. The fourth-order valence-corrected chi connectivity index (χ4v) is 7.38. The highest BCUT2D eigenvalue weighted by Crippen LogP contribution is 2.45. The van der Waals surface area contributed by atoms with Crippen LogP contribution in [0.25, 0.3) is 87.6 Å². The average molecular weight is 587 g/mol. The van der Waals surface area contributed by atoms with E-state index in [-0.39, 0.29) is 0 Å². The number of furan rings is 1. The molecule has 0 saturated heterocycles. The maximum Gasteiger partial charge on any atom is 0.228 e. The number of anilines is 1. The Morgan fingerprint density at radius 1 is 0.578 bits per heavy atom. The molecule has 0 aliphatic heterocycles. The summed E-state index contributed by atoms with van der Waals surface area (Å²) in [6.07, 6.45) is 4.72. The Kier molecular flexibility index (Phi) is 5.99. The quantitative estimate of drug-likeness (QED) is 0.166. The Bertz CT molecular complexity index is 2510. The molecule has 4 heteroatoms. The van der Waals surface area contributed by atoms with Crippen molar-refractivity contribution >= 4 is 81.8 Å². The monoisotopic (exact) mass is 586 g/mol. The van der Waals surface area contributed by atoms with Gasteiger partial charge in [0.1, 0.15) is 11.1 Å². The van der Waals surface area contributed by atoms with Gasteiger partial charge in [-0.2, -0.15) is 0 Å². The second-order valence-electron chi connectivity index (χ2n) is 12.4. The van der Waals surface area contributed by atoms with Gasteiger partial charge in [0.15, 0.2) is 11.2 Å². The number of hydrogen-bond acceptors (Lipinski definition) is 4. The summed E-state index contributed by atoms with van der Waals surface area (Å²) in [6.45, 7) is 6.62. The van der Waals surface area contributed by atoms with E-state index >= 15 is 0 Å². The number of unbranched alkanes of at least 4 members (excludes halogenated alkanes) is 2. The number of aromatic nitrogens is 1. The number of benzene rings is 7. The Hall–Kier alpha value is -5.09. The van der Waals surface area contributed by atoms with Gasteiger partial charge in [-0.05, 0) is 68.7 Å². The highest BCUT2D eigenvalue weighted by atomic mass is 16.4. The molecule has 220 valence electrons. The minimum atomic E-state index is 0.618. The predicted molar refractivity (Wildman–Crippen MR) is 190 cm³/mol. The Balaban J connectivity index is 1.29. The number of fused-ring (bicyclic) bond motifs is 8. The molecule has 0 unspecified atom stereocenters. The van der Waals surface area contributed by atoms with E-state index in [4.69, 9.17) is 13.8 Å². The second kappa shape index (κ2) is 10.2. The van der Waals surface area contributed by atoms with Crippen LogP contribution in [0.3, 0.4) is 0 Å². The molecular weight excluding hydrogens is 552 g/mol. The van der Waals surface area contributed by atoms with Gasteiger partial charge in [-0.25, -0.2) is 4.98 Å². The standard InChI is InChI=1S/C41H34N2O2/c1-3-5-22-43(23-6-4-2)28-18-21-33-34(24-28)44-39-37(33)29-12-7-8-13-31(29)38-40(39)45-41(42-38)32-20-17-27-15-14-25-10-9-11-26-16-19-30(32)36(27)35(25)26/h7-21,24H,3-6,22-23H2,1-2H3. The van der Waals surface area contributed by atoms with Gasteiger partial charge in [0.2, 0.25) is 5.89 Å². The van der Waals surface area contributed by atoms with E-state index in [9.17, 15) is 0 Å². The van der Waals surface area contributed by atoms with Crippen molar-refractivity contribution in [2.24, 2.45) is 0 Å². The zero-order valence-corrected chi connectivity index (χ0v) is 25.7. The molecule has 2 heterocycles. The lowest BCUT2D eigenvalue weighted by atomic mass is 9.92. The Morgan fingerprint density at radius 2 is 1.27 bits per heavy atom. The zero-order valence-electron chi connectivity index (χ0n) is 25.7. The first kappa shape index (κ1) is 26.3. The molecular formula is C41H34N2O2. The van der Waals surface area contributed by atoms with Gasteiger partial charge < -0.3 is 13.7 Å². The van der Waals surface area contributed by atoms with Crippen molar-refractivity contribution in [1.29, 1.82) is 0 Å². The molecule has 0 bridgehead atoms. The van der Waals surface area contributed by atoms with E-state index < -0.39 is 0 Å². The maximum atomic E-state index is 6.76. The van der Waals surface area contributed by atoms with E-state index in [1.807, 2.05) is 0 Å². The molecule has 0 amide bonds. The second-order valence-corrected chi connectivity index (χ2v) is 12.4. The van der Waals surface area contributed by atoms with Crippen LogP contribution in [0, 0.1) is 0 Å². The Morgan fingerprint density at radius 3 is 2.04 bits per heavy atom. The molecule has 0 aliphatic carbocycles. The fourth-order valence-electron chi connectivity index (χ4n) is 7.38. The first-order chi connectivity index (χ1) is 22.2. The molecule has 7 aromatic carbocycles. The summed E-state index contributed by atoms with van der Waals surface area (Å²) in [5.41, 5.74) is 5.41. The van der Waals surface area contributed by atoms with E-state index in [1.165, 1.54) is 58.3 Å². The molecule has 0 saturated carbocycles. The summed E-state index contributed by atoms with van der Waals surface area (Å²) in [5, 5.41) is 11.8. The molecule has 9 rings (SSSR count). The third-order valence-corrected chi connectivity index (χ3v) is 9.65. The van der Waals surface area contributed by atoms with E-state index in [0.717, 1.165) is 62.3 Å². The predicted octanol–water partition coefficient (Wildman–Crippen LogP) is 11.9. The van der Waals surface area contributed by atoms with Crippen LogP contribution in [0.4, 0.5) is 5.69 Å². The molecule has 4 nitrogen and oxygen atoms in total. The van der Waals surface area contributed by atoms with Crippen LogP contribution in [0.1, 0.15) is 39.5 Å². The van der Waals surface area contributed by atoms with Crippen molar-refractivity contribution in [3.8, 4) is 11.5 Å². The molecule has 0 radical (unpaired) electrons. The molecule has 0 aliphatic rings. The van der Waals surface area contributed by atoms with Gasteiger partial charge in [-0.1, -0.05) is 99.5 Å². The zero-order chi connectivity index (χ0) is 30.1. The van der Waals surface area contributed by atoms with Crippen LogP contribution in [-0.4, -0.2) is 18.1 Å². The molecule has 0 spiro atoms. The minimum Gasteiger partial charge on any atom is -0.452 e. The third-order valence-electron chi connectivity index (χ3n) is 9.65. The van der Waals surface area contributed by atoms with Crippen LogP contribution >= 0.6 is 0 Å². The normalized spacial score (nSPS) is 12.3. The van der Waals surface area contributed by atoms with Gasteiger partial charge in [0.05, 0.1) is 0 Å². The maximum absolute atomic E-state index is 6.76. The molecule has 2 aromatic heterocycles. The van der Waals surface area contributed by atoms with Gasteiger partial charge in [0, 0.05) is 46.6 Å². The molecule has 9 aromatic rings. The Labute approximate surface area is 261 Å². The van der Waals surface area contributed by atoms with Gasteiger partial charge in [-0.15, -0.1) is 0 Å². The summed E-state index contributed by atoms with van der Waals surface area (Å²) in [5.74, 6) is 0.618. The molecule has 0 N–H and O–H groups in total. The smallest absolute Gasteiger partial charge is 0.228 e. The molecule has 0 fully saturated rings. The summed E-state index contributed by atoms with van der Waals surface area (Å²) in [6, 6.07) is 34.9. The third kappa shape index (κ3) is 3.95. The van der Waals surface area contributed by atoms with Crippen molar-refractivity contribution in [2.45, 2.75) is 39.5 Å². The molecule has 45 heavy (non-hydrogen) atoms. The van der Waals surface area contributed by atoms with E-state index in [0.29, 0.717) is 11.5 Å². The fraction of sp³-hybridized carbons (Fsp3) is 0.195. The van der Waals surface area contributed by atoms with Crippen LogP contribution in [0.15, 0.2) is 106 Å². The summed E-state index contributed by atoms with van der Waals surface area (Å²) < 4.78 is 13.5. The van der Waals surface area contributed by atoms with Crippen molar-refractivity contribution in [3.05, 3.63) is 97.1 Å². The largest absolute Gasteiger partial charge is 0.452 e. The van der Waals surface area contributed by atoms with Crippen molar-refractivity contribution < 1.29 is 8.83 Å². The van der Waals surface area contributed by atoms with Crippen LogP contribution in [0.2, 0.25) is 0 Å². The van der Waals surface area contributed by atoms with Crippen LogP contribution in [0.5, 0.6) is 0 Å². The first-order valence-corrected chi connectivity index (χ1v) is 16.3. The first-order valence-electron chi connectivity index (χ1n) is 16.3. The van der Waals surface area contributed by atoms with E-state index in [1.54, 1.807) is 0 Å². The van der Waals surface area contributed by atoms with Crippen molar-refractivity contribution in [3.63, 3.8) is 0 Å². The van der Waals surface area contributed by atoms with Gasteiger partial charge in [-0.3, -0.25) is 0 Å². The lowest BCUT2D eigenvalue weighted by Crippen LogP contribution is -2.25. The minimum absolute atomic E-state index is 0.618. The molecule has 0 atom stereocenters. The summed E-state index contributed by atoms with van der Waals surface area (Å²) in [4.78, 5) is 7.70. The van der Waals surface area contributed by atoms with Crippen molar-refractivity contribution in [1.82, 2.24) is 4.98 Å². The SMILES string of the molecule is CCCCN(CCCC)c1ccc2c(c1)oc1c3oc(-c4ccc5ccc6cccc7ccc4c5c67)nc3c3ccccc3c21. The van der Waals surface area contributed by atoms with Crippen LogP contribution < -0.4 is 4.90 Å². The van der Waals surface area contributed by atoms with Gasteiger partial charge >= 0.3 is 0 Å². The lowest BCUT2D eigenvalue weighted by Gasteiger charge is -2.24. The average Bonchev–Trinajstić information content (AvgIpc) is 3.70. The number of hydrogen-bond donors (Lipinski definition) is 0. The van der Waals surface area contributed by atoms with Crippen LogP contribution in [-0.2, 0) is 0 Å². The highest BCUT2D eigenvalue weighted by molar-refractivity contribution is 6.29. The van der Waals surface area contributed by atoms with Gasteiger partial charge in [0.25, 0.3) is 0 Å².